The van der Waals surface area contributed by atoms with E-state index in [-0.39, 0.29) is 24.4 Å². The molecule has 214 valence electrons. The summed E-state index contributed by atoms with van der Waals surface area (Å²) >= 11 is 6.46. The standard InChI is InChI=1S/C30H32ClN5O5/c1-30(2,3)41-28(38)35-13-5-6-20(17-35)27(37)33-26-23-15-19(22-14-18(16-32)9-11-24(22)31)10-12-25(23)36(34-26)29(39)40-21-7-4-8-21/h9-12,14-15,20-21H,4-8,13,17H2,1-3H3,(H,33,34,37)/t20-/m1/s1. The maximum atomic E-state index is 13.5. The van der Waals surface area contributed by atoms with Gasteiger partial charge in [-0.05, 0) is 88.8 Å². The molecule has 2 amide bonds. The molecule has 2 heterocycles. The van der Waals surface area contributed by atoms with Crippen LogP contribution in [0.3, 0.4) is 0 Å². The van der Waals surface area contributed by atoms with Crippen molar-refractivity contribution in [1.82, 2.24) is 14.7 Å². The molecule has 0 spiro atoms. The molecule has 5 rings (SSSR count). The minimum absolute atomic E-state index is 0.146. The van der Waals surface area contributed by atoms with Crippen LogP contribution in [0, 0.1) is 17.2 Å². The van der Waals surface area contributed by atoms with Gasteiger partial charge < -0.3 is 19.7 Å². The van der Waals surface area contributed by atoms with Crippen molar-refractivity contribution >= 4 is 46.4 Å². The highest BCUT2D eigenvalue weighted by atomic mass is 35.5. The summed E-state index contributed by atoms with van der Waals surface area (Å²) in [6.07, 6.45) is 2.65. The molecule has 0 bridgehead atoms. The fourth-order valence-electron chi connectivity index (χ4n) is 4.92. The quantitative estimate of drug-likeness (QED) is 0.382. The van der Waals surface area contributed by atoms with E-state index in [1.54, 1.807) is 62.1 Å². The third kappa shape index (κ3) is 6.30. The minimum atomic E-state index is -0.639. The Balaban J connectivity index is 1.45. The smallest absolute Gasteiger partial charge is 0.435 e. The molecule has 0 unspecified atom stereocenters. The highest BCUT2D eigenvalue weighted by Crippen LogP contribution is 2.34. The second-order valence-electron chi connectivity index (χ2n) is 11.5. The zero-order valence-electron chi connectivity index (χ0n) is 23.3. The first-order valence-corrected chi connectivity index (χ1v) is 14.1. The fourth-order valence-corrected chi connectivity index (χ4v) is 5.14. The van der Waals surface area contributed by atoms with Gasteiger partial charge in [0.05, 0.1) is 23.1 Å². The maximum absolute atomic E-state index is 13.5. The first-order valence-electron chi connectivity index (χ1n) is 13.7. The minimum Gasteiger partial charge on any atom is -0.445 e. The zero-order chi connectivity index (χ0) is 29.3. The van der Waals surface area contributed by atoms with E-state index in [9.17, 15) is 19.6 Å². The highest BCUT2D eigenvalue weighted by molar-refractivity contribution is 6.33. The number of ether oxygens (including phenoxy) is 2. The summed E-state index contributed by atoms with van der Waals surface area (Å²) in [5, 5.41) is 17.7. The van der Waals surface area contributed by atoms with Gasteiger partial charge in [0.25, 0.3) is 0 Å². The number of nitrogens with one attached hydrogen (secondary N) is 1. The molecule has 1 saturated heterocycles. The van der Waals surface area contributed by atoms with Crippen LogP contribution in [0.15, 0.2) is 36.4 Å². The summed E-state index contributed by atoms with van der Waals surface area (Å²) in [5.41, 5.74) is 1.59. The van der Waals surface area contributed by atoms with Crippen molar-refractivity contribution in [3.8, 4) is 17.2 Å². The van der Waals surface area contributed by atoms with Gasteiger partial charge in [-0.1, -0.05) is 17.7 Å². The van der Waals surface area contributed by atoms with Crippen molar-refractivity contribution in [3.05, 3.63) is 47.0 Å². The molecule has 41 heavy (non-hydrogen) atoms. The molecule has 10 nitrogen and oxygen atoms in total. The predicted octanol–water partition coefficient (Wildman–Crippen LogP) is 6.35. The number of amides is 2. The molecular formula is C30H32ClN5O5. The lowest BCUT2D eigenvalue weighted by Gasteiger charge is -2.33. The van der Waals surface area contributed by atoms with Crippen molar-refractivity contribution in [2.75, 3.05) is 18.4 Å². The molecular weight excluding hydrogens is 546 g/mol. The van der Waals surface area contributed by atoms with Gasteiger partial charge in [-0.2, -0.15) is 9.94 Å². The summed E-state index contributed by atoms with van der Waals surface area (Å²) in [6, 6.07) is 12.4. The monoisotopic (exact) mass is 577 g/mol. The van der Waals surface area contributed by atoms with E-state index < -0.39 is 23.7 Å². The first kappa shape index (κ1) is 28.4. The van der Waals surface area contributed by atoms with Crippen molar-refractivity contribution in [2.24, 2.45) is 5.92 Å². The van der Waals surface area contributed by atoms with Crippen molar-refractivity contribution in [2.45, 2.75) is 64.6 Å². The number of carbonyl (C=O) groups is 3. The molecule has 1 N–H and O–H groups in total. The van der Waals surface area contributed by atoms with Crippen LogP contribution in [0.25, 0.3) is 22.0 Å². The number of anilines is 1. The molecule has 1 aliphatic carbocycles. The molecule has 3 aromatic rings. The van der Waals surface area contributed by atoms with E-state index in [4.69, 9.17) is 21.1 Å². The molecule has 0 radical (unpaired) electrons. The number of piperidine rings is 1. The summed E-state index contributed by atoms with van der Waals surface area (Å²) in [7, 11) is 0. The Hall–Kier alpha value is -4.10. The molecule has 2 aliphatic rings. The lowest BCUT2D eigenvalue weighted by atomic mass is 9.96. The Morgan fingerprint density at radius 2 is 1.85 bits per heavy atom. The Bertz CT molecular complexity index is 1550. The van der Waals surface area contributed by atoms with Gasteiger partial charge >= 0.3 is 12.2 Å². The SMILES string of the molecule is CC(C)(C)OC(=O)N1CCC[C@@H](C(=O)Nc2nn(C(=O)OC3CCC3)c3ccc(-c4cc(C#N)ccc4Cl)cc23)C1. The molecule has 2 aromatic carbocycles. The number of halogens is 1. The number of aromatic nitrogens is 2. The predicted molar refractivity (Wildman–Crippen MR) is 154 cm³/mol. The van der Waals surface area contributed by atoms with Crippen molar-refractivity contribution in [1.29, 1.82) is 5.26 Å². The number of likely N-dealkylation sites (tertiary alicyclic amines) is 1. The third-order valence-corrected chi connectivity index (χ3v) is 7.59. The number of nitrogens with zero attached hydrogens (tertiary/aromatic N) is 4. The van der Waals surface area contributed by atoms with Gasteiger partial charge in [0, 0.05) is 29.1 Å². The second kappa shape index (κ2) is 11.4. The van der Waals surface area contributed by atoms with Crippen molar-refractivity contribution in [3.63, 3.8) is 0 Å². The Kier molecular flexibility index (Phi) is 7.91. The van der Waals surface area contributed by atoms with Crippen LogP contribution in [-0.2, 0) is 14.3 Å². The first-order chi connectivity index (χ1) is 19.5. The number of hydrogen-bond donors (Lipinski definition) is 1. The largest absolute Gasteiger partial charge is 0.445 e. The van der Waals surface area contributed by atoms with E-state index in [0.29, 0.717) is 52.0 Å². The molecule has 1 saturated carbocycles. The van der Waals surface area contributed by atoms with Crippen LogP contribution in [0.1, 0.15) is 58.4 Å². The number of fused-ring (bicyclic) bond motifs is 1. The maximum Gasteiger partial charge on any atom is 0.435 e. The Morgan fingerprint density at radius 3 is 2.54 bits per heavy atom. The number of benzene rings is 2. The summed E-state index contributed by atoms with van der Waals surface area (Å²) in [6.45, 7) is 6.12. The average molecular weight is 578 g/mol. The van der Waals surface area contributed by atoms with Crippen molar-refractivity contribution < 1.29 is 23.9 Å². The van der Waals surface area contributed by atoms with Gasteiger partial charge in [0.15, 0.2) is 5.82 Å². The average Bonchev–Trinajstić information content (AvgIpc) is 3.27. The summed E-state index contributed by atoms with van der Waals surface area (Å²) in [5.74, 6) is -0.602. The van der Waals surface area contributed by atoms with E-state index in [1.165, 1.54) is 0 Å². The summed E-state index contributed by atoms with van der Waals surface area (Å²) in [4.78, 5) is 40.7. The summed E-state index contributed by atoms with van der Waals surface area (Å²) < 4.78 is 12.2. The van der Waals surface area contributed by atoms with E-state index >= 15 is 0 Å². The lowest BCUT2D eigenvalue weighted by molar-refractivity contribution is -0.121. The van der Waals surface area contributed by atoms with Gasteiger partial charge in [-0.3, -0.25) is 4.79 Å². The number of carbonyl (C=O) groups excluding carboxylic acids is 3. The molecule has 1 atom stereocenters. The van der Waals surface area contributed by atoms with Crippen LogP contribution in [0.5, 0.6) is 0 Å². The molecule has 11 heteroatoms. The van der Waals surface area contributed by atoms with Crippen LogP contribution in [0.4, 0.5) is 15.4 Å². The van der Waals surface area contributed by atoms with Crippen LogP contribution >= 0.6 is 11.6 Å². The van der Waals surface area contributed by atoms with Gasteiger partial charge in [0.2, 0.25) is 5.91 Å². The zero-order valence-corrected chi connectivity index (χ0v) is 24.0. The Labute approximate surface area is 243 Å². The van der Waals surface area contributed by atoms with Gasteiger partial charge in [0.1, 0.15) is 11.7 Å². The highest BCUT2D eigenvalue weighted by Gasteiger charge is 2.32. The second-order valence-corrected chi connectivity index (χ2v) is 11.9. The molecule has 1 aromatic heterocycles. The van der Waals surface area contributed by atoms with E-state index in [2.05, 4.69) is 16.5 Å². The van der Waals surface area contributed by atoms with Gasteiger partial charge in [-0.25, -0.2) is 9.59 Å². The molecule has 2 fully saturated rings. The number of hydrogen-bond acceptors (Lipinski definition) is 7. The number of rotatable bonds is 4. The topological polar surface area (TPSA) is 127 Å². The van der Waals surface area contributed by atoms with Crippen LogP contribution in [0.2, 0.25) is 5.02 Å². The van der Waals surface area contributed by atoms with E-state index in [1.807, 2.05) is 0 Å². The normalized spacial score (nSPS) is 17.4. The lowest BCUT2D eigenvalue weighted by Crippen LogP contribution is -2.45. The fraction of sp³-hybridized carbons (Fsp3) is 0.433. The van der Waals surface area contributed by atoms with Crippen LogP contribution < -0.4 is 5.32 Å². The van der Waals surface area contributed by atoms with Gasteiger partial charge in [-0.15, -0.1) is 5.10 Å². The van der Waals surface area contributed by atoms with E-state index in [0.717, 1.165) is 23.9 Å². The third-order valence-electron chi connectivity index (χ3n) is 7.26. The number of nitriles is 1. The van der Waals surface area contributed by atoms with Crippen LogP contribution in [-0.4, -0.2) is 57.6 Å². The molecule has 1 aliphatic heterocycles. The Morgan fingerprint density at radius 1 is 1.07 bits per heavy atom.